The van der Waals surface area contributed by atoms with Crippen LogP contribution in [0.3, 0.4) is 0 Å². The number of nitrogens with zero attached hydrogens (tertiary/aromatic N) is 2. The summed E-state index contributed by atoms with van der Waals surface area (Å²) in [5.41, 5.74) is 5.36. The Morgan fingerprint density at radius 2 is 2.08 bits per heavy atom. The minimum atomic E-state index is -0.205. The van der Waals surface area contributed by atoms with Crippen molar-refractivity contribution < 1.29 is 4.42 Å². The van der Waals surface area contributed by atoms with Crippen LogP contribution in [0, 0.1) is 11.3 Å². The van der Waals surface area contributed by atoms with E-state index in [1.54, 1.807) is 0 Å². The molecule has 0 saturated heterocycles. The molecule has 1 aromatic rings. The highest BCUT2D eigenvalue weighted by molar-refractivity contribution is 5.41. The van der Waals surface area contributed by atoms with Gasteiger partial charge in [-0.15, -0.1) is 0 Å². The first-order chi connectivity index (χ1) is 5.45. The van der Waals surface area contributed by atoms with E-state index in [4.69, 9.17) is 15.4 Å². The van der Waals surface area contributed by atoms with Crippen LogP contribution in [0.1, 0.15) is 32.4 Å². The Kier molecular flexibility index (Phi) is 1.81. The van der Waals surface area contributed by atoms with Crippen LogP contribution in [0.2, 0.25) is 0 Å². The van der Waals surface area contributed by atoms with E-state index in [9.17, 15) is 0 Å². The van der Waals surface area contributed by atoms with Crippen LogP contribution in [-0.2, 0) is 5.41 Å². The summed E-state index contributed by atoms with van der Waals surface area (Å²) in [5, 5.41) is 8.54. The van der Waals surface area contributed by atoms with Gasteiger partial charge in [0.15, 0.2) is 0 Å². The smallest absolute Gasteiger partial charge is 0.229 e. The molecule has 2 N–H and O–H groups in total. The Labute approximate surface area is 71.0 Å². The van der Waals surface area contributed by atoms with Gasteiger partial charge < -0.3 is 10.2 Å². The summed E-state index contributed by atoms with van der Waals surface area (Å²) in [4.78, 5) is 3.95. The van der Waals surface area contributed by atoms with Gasteiger partial charge in [-0.2, -0.15) is 10.2 Å². The zero-order valence-corrected chi connectivity index (χ0v) is 7.38. The van der Waals surface area contributed by atoms with E-state index in [1.165, 1.54) is 0 Å². The molecule has 1 heterocycles. The number of oxazole rings is 1. The third kappa shape index (κ3) is 1.40. The molecule has 0 saturated carbocycles. The van der Waals surface area contributed by atoms with E-state index >= 15 is 0 Å². The summed E-state index contributed by atoms with van der Waals surface area (Å²) in [5.74, 6) is 0.596. The van der Waals surface area contributed by atoms with Crippen molar-refractivity contribution in [2.45, 2.75) is 26.2 Å². The van der Waals surface area contributed by atoms with Gasteiger partial charge in [-0.1, -0.05) is 20.8 Å². The number of nitrogen functional groups attached to an aromatic ring is 1. The van der Waals surface area contributed by atoms with Crippen LogP contribution in [-0.4, -0.2) is 4.98 Å². The Morgan fingerprint density at radius 3 is 2.33 bits per heavy atom. The van der Waals surface area contributed by atoms with Crippen molar-refractivity contribution in [1.29, 1.82) is 5.26 Å². The highest BCUT2D eigenvalue weighted by Gasteiger charge is 2.22. The predicted molar refractivity (Wildman–Crippen MR) is 44.3 cm³/mol. The van der Waals surface area contributed by atoms with Gasteiger partial charge in [0.2, 0.25) is 17.5 Å². The first-order valence-corrected chi connectivity index (χ1v) is 3.62. The first kappa shape index (κ1) is 8.60. The molecule has 0 spiro atoms. The molecule has 4 nitrogen and oxygen atoms in total. The van der Waals surface area contributed by atoms with E-state index in [0.717, 1.165) is 0 Å². The molecular formula is C8H11N3O. The number of hydrogen-bond acceptors (Lipinski definition) is 4. The summed E-state index contributed by atoms with van der Waals surface area (Å²) in [7, 11) is 0. The SMILES string of the molecule is CC(C)(C)c1nc(C#N)c(N)o1. The standard InChI is InChI=1S/C8H11N3O/c1-8(2,3)7-11-5(4-9)6(10)12-7/h10H2,1-3H3. The molecule has 12 heavy (non-hydrogen) atoms. The Hall–Kier alpha value is -1.50. The van der Waals surface area contributed by atoms with E-state index in [0.29, 0.717) is 5.89 Å². The number of nitrogens with two attached hydrogens (primary N) is 1. The molecule has 0 aliphatic rings. The molecule has 0 radical (unpaired) electrons. The van der Waals surface area contributed by atoms with Crippen molar-refractivity contribution in [3.63, 3.8) is 0 Å². The van der Waals surface area contributed by atoms with Crippen LogP contribution in [0.25, 0.3) is 0 Å². The van der Waals surface area contributed by atoms with E-state index in [1.807, 2.05) is 26.8 Å². The van der Waals surface area contributed by atoms with Gasteiger partial charge in [0.25, 0.3) is 0 Å². The molecule has 4 heteroatoms. The second-order valence-corrected chi connectivity index (χ2v) is 3.59. The molecule has 0 bridgehead atoms. The fourth-order valence-electron chi connectivity index (χ4n) is 0.733. The van der Waals surface area contributed by atoms with Gasteiger partial charge in [0.05, 0.1) is 0 Å². The van der Waals surface area contributed by atoms with Crippen LogP contribution < -0.4 is 5.73 Å². The number of hydrogen-bond donors (Lipinski definition) is 1. The summed E-state index contributed by atoms with van der Waals surface area (Å²) in [6.07, 6.45) is 0. The van der Waals surface area contributed by atoms with Crippen molar-refractivity contribution >= 4 is 5.88 Å². The van der Waals surface area contributed by atoms with Crippen molar-refractivity contribution in [2.75, 3.05) is 5.73 Å². The van der Waals surface area contributed by atoms with Crippen LogP contribution in [0.15, 0.2) is 4.42 Å². The largest absolute Gasteiger partial charge is 0.423 e. The average Bonchev–Trinajstić information content (AvgIpc) is 2.29. The second kappa shape index (κ2) is 2.52. The lowest BCUT2D eigenvalue weighted by molar-refractivity contribution is 0.401. The summed E-state index contributed by atoms with van der Waals surface area (Å²) in [6.45, 7) is 5.83. The lowest BCUT2D eigenvalue weighted by Gasteiger charge is -2.11. The molecule has 0 aliphatic carbocycles. The number of anilines is 1. The fraction of sp³-hybridized carbons (Fsp3) is 0.500. The van der Waals surface area contributed by atoms with Crippen LogP contribution in [0.5, 0.6) is 0 Å². The summed E-state index contributed by atoms with van der Waals surface area (Å²) in [6, 6.07) is 1.86. The first-order valence-electron chi connectivity index (χ1n) is 3.62. The third-order valence-corrected chi connectivity index (χ3v) is 1.40. The van der Waals surface area contributed by atoms with Crippen molar-refractivity contribution in [2.24, 2.45) is 0 Å². The molecule has 0 amide bonds. The normalized spacial score (nSPS) is 11.2. The Bertz CT molecular complexity index is 327. The van der Waals surface area contributed by atoms with E-state index in [2.05, 4.69) is 4.98 Å². The number of nitriles is 1. The van der Waals surface area contributed by atoms with E-state index < -0.39 is 0 Å². The molecule has 0 aliphatic heterocycles. The van der Waals surface area contributed by atoms with Gasteiger partial charge >= 0.3 is 0 Å². The molecule has 1 aromatic heterocycles. The topological polar surface area (TPSA) is 75.8 Å². The van der Waals surface area contributed by atoms with E-state index in [-0.39, 0.29) is 17.0 Å². The number of aromatic nitrogens is 1. The summed E-state index contributed by atoms with van der Waals surface area (Å²) < 4.78 is 5.11. The van der Waals surface area contributed by atoms with Crippen molar-refractivity contribution in [1.82, 2.24) is 4.98 Å². The molecular weight excluding hydrogens is 154 g/mol. The molecule has 0 fully saturated rings. The minimum absolute atomic E-state index is 0.0995. The zero-order chi connectivity index (χ0) is 9.35. The van der Waals surface area contributed by atoms with Crippen molar-refractivity contribution in [3.8, 4) is 6.07 Å². The van der Waals surface area contributed by atoms with Gasteiger partial charge in [0, 0.05) is 5.41 Å². The van der Waals surface area contributed by atoms with Gasteiger partial charge in [-0.25, -0.2) is 0 Å². The maximum atomic E-state index is 8.54. The quantitative estimate of drug-likeness (QED) is 0.630. The number of rotatable bonds is 0. The van der Waals surface area contributed by atoms with Gasteiger partial charge in [-0.05, 0) is 0 Å². The lowest BCUT2D eigenvalue weighted by Crippen LogP contribution is -2.11. The molecule has 1 rings (SSSR count). The predicted octanol–water partition coefficient (Wildman–Crippen LogP) is 1.43. The third-order valence-electron chi connectivity index (χ3n) is 1.40. The monoisotopic (exact) mass is 165 g/mol. The maximum Gasteiger partial charge on any atom is 0.229 e. The highest BCUT2D eigenvalue weighted by Crippen LogP contribution is 2.24. The summed E-state index contributed by atoms with van der Waals surface area (Å²) >= 11 is 0. The molecule has 0 atom stereocenters. The zero-order valence-electron chi connectivity index (χ0n) is 7.38. The lowest BCUT2D eigenvalue weighted by atomic mass is 9.97. The molecule has 64 valence electrons. The molecule has 0 unspecified atom stereocenters. The van der Waals surface area contributed by atoms with Gasteiger partial charge in [-0.3, -0.25) is 0 Å². The van der Waals surface area contributed by atoms with Gasteiger partial charge in [0.1, 0.15) is 6.07 Å². The Morgan fingerprint density at radius 1 is 1.50 bits per heavy atom. The van der Waals surface area contributed by atoms with Crippen LogP contribution >= 0.6 is 0 Å². The van der Waals surface area contributed by atoms with Crippen LogP contribution in [0.4, 0.5) is 5.88 Å². The van der Waals surface area contributed by atoms with Crippen molar-refractivity contribution in [3.05, 3.63) is 11.6 Å². The Balaban J connectivity index is 3.16. The fourth-order valence-corrected chi connectivity index (χ4v) is 0.733. The average molecular weight is 165 g/mol. The second-order valence-electron chi connectivity index (χ2n) is 3.59. The maximum absolute atomic E-state index is 8.54. The molecule has 0 aromatic carbocycles. The minimum Gasteiger partial charge on any atom is -0.423 e. The highest BCUT2D eigenvalue weighted by atomic mass is 16.4.